The molecule has 4 aromatic carbocycles. The monoisotopic (exact) mass is 547 g/mol. The molecule has 7 heteroatoms. The summed E-state index contributed by atoms with van der Waals surface area (Å²) < 4.78 is 8.96. The van der Waals surface area contributed by atoms with Gasteiger partial charge in [-0.2, -0.15) is 0 Å². The number of fused-ring (bicyclic) bond motifs is 5. The number of aryl methyl sites for hydroxylation is 2. The summed E-state index contributed by atoms with van der Waals surface area (Å²) in [5.41, 5.74) is 6.34. The highest BCUT2D eigenvalue weighted by Crippen LogP contribution is 2.46. The topological polar surface area (TPSA) is 94.0 Å². The molecule has 0 saturated carbocycles. The second-order valence-electron chi connectivity index (χ2n) is 11.4. The first-order chi connectivity index (χ1) is 19.8. The summed E-state index contributed by atoms with van der Waals surface area (Å²) in [6, 6.07) is 16.7. The predicted molar refractivity (Wildman–Crippen MR) is 161 cm³/mol. The zero-order chi connectivity index (χ0) is 28.4. The van der Waals surface area contributed by atoms with Crippen molar-refractivity contribution >= 4 is 50.3 Å². The smallest absolute Gasteiger partial charge is 0.336 e. The van der Waals surface area contributed by atoms with E-state index in [4.69, 9.17) is 4.42 Å². The normalized spacial score (nSPS) is 14.7. The number of hydrogen-bond acceptors (Lipinski definition) is 4. The number of hydrogen-bond donors (Lipinski definition) is 2. The second-order valence-corrected chi connectivity index (χ2v) is 11.4. The van der Waals surface area contributed by atoms with Gasteiger partial charge in [0.2, 0.25) is 0 Å². The summed E-state index contributed by atoms with van der Waals surface area (Å²) in [7, 11) is 4.01. The van der Waals surface area contributed by atoms with E-state index < -0.39 is 11.9 Å². The van der Waals surface area contributed by atoms with E-state index in [1.807, 2.05) is 26.2 Å². The van der Waals surface area contributed by atoms with E-state index in [2.05, 4.69) is 33.7 Å². The molecule has 7 rings (SSSR count). The quantitative estimate of drug-likeness (QED) is 0.165. The molecule has 3 heterocycles. The van der Waals surface area contributed by atoms with Crippen LogP contribution >= 0.6 is 0 Å². The van der Waals surface area contributed by atoms with Crippen molar-refractivity contribution in [2.45, 2.75) is 32.1 Å². The Kier molecular flexibility index (Phi) is 5.85. The number of nitrogens with zero attached hydrogens (tertiary/aromatic N) is 2. The third kappa shape index (κ3) is 3.98. The van der Waals surface area contributed by atoms with Crippen LogP contribution < -0.4 is 14.8 Å². The summed E-state index contributed by atoms with van der Waals surface area (Å²) in [4.78, 5) is 27.1. The SMILES string of the molecule is C[N+](C)=c1ccc2c(ccc3c(-c4cc(C(=O)O)ccc4C(=O)O)c4cc5c6c(c4oc32)CCCN6CCCC5)c1. The third-order valence-corrected chi connectivity index (χ3v) is 8.70. The third-order valence-electron chi connectivity index (χ3n) is 8.70. The van der Waals surface area contributed by atoms with Crippen LogP contribution in [0.4, 0.5) is 5.69 Å². The highest BCUT2D eigenvalue weighted by atomic mass is 16.4. The molecule has 0 saturated heterocycles. The van der Waals surface area contributed by atoms with Crippen LogP contribution in [0.25, 0.3) is 43.8 Å². The lowest BCUT2D eigenvalue weighted by Crippen LogP contribution is -2.30. The lowest BCUT2D eigenvalue weighted by Gasteiger charge is -2.32. The van der Waals surface area contributed by atoms with Gasteiger partial charge >= 0.3 is 11.9 Å². The minimum atomic E-state index is -1.10. The van der Waals surface area contributed by atoms with Crippen molar-refractivity contribution < 1.29 is 24.2 Å². The molecular formula is C34H31N2O5+. The summed E-state index contributed by atoms with van der Waals surface area (Å²) in [5.74, 6) is -2.20. The van der Waals surface area contributed by atoms with Gasteiger partial charge in [-0.25, -0.2) is 14.2 Å². The van der Waals surface area contributed by atoms with Crippen LogP contribution in [-0.4, -0.2) is 49.3 Å². The Hall–Kier alpha value is -4.65. The second kappa shape index (κ2) is 9.47. The molecule has 41 heavy (non-hydrogen) atoms. The molecule has 5 aromatic rings. The maximum Gasteiger partial charge on any atom is 0.336 e. The molecule has 0 fully saturated rings. The first-order valence-electron chi connectivity index (χ1n) is 14.2. The fourth-order valence-electron chi connectivity index (χ4n) is 6.77. The van der Waals surface area contributed by atoms with Gasteiger partial charge in [-0.05, 0) is 85.0 Å². The van der Waals surface area contributed by atoms with Gasteiger partial charge in [-0.15, -0.1) is 0 Å². The molecule has 0 bridgehead atoms. The standard InChI is InChI=1S/C34H30N2O5/c1-35(2)22-10-13-23-19(16-22)8-12-25-29(27-18-21(33(37)38)9-11-24(27)34(39)40)28-17-20-6-3-4-14-36-15-5-7-26(30(20)36)32(28)41-31(23)25/h8-13,16-18H,3-7,14-15H2,1-2H3,(H-,37,38,39,40)/p+1. The first-order valence-corrected chi connectivity index (χ1v) is 14.2. The Morgan fingerprint density at radius 3 is 2.39 bits per heavy atom. The summed E-state index contributed by atoms with van der Waals surface area (Å²) >= 11 is 0. The number of carboxylic acids is 2. The molecule has 0 aliphatic carbocycles. The van der Waals surface area contributed by atoms with Crippen LogP contribution in [-0.2, 0) is 12.8 Å². The molecule has 7 nitrogen and oxygen atoms in total. The van der Waals surface area contributed by atoms with E-state index in [-0.39, 0.29) is 11.1 Å². The molecule has 0 amide bonds. The van der Waals surface area contributed by atoms with E-state index in [9.17, 15) is 19.8 Å². The first kappa shape index (κ1) is 25.3. The van der Waals surface area contributed by atoms with Gasteiger partial charge < -0.3 is 19.5 Å². The Bertz CT molecular complexity index is 2020. The Morgan fingerprint density at radius 2 is 1.61 bits per heavy atom. The van der Waals surface area contributed by atoms with Crippen LogP contribution in [0.1, 0.15) is 51.1 Å². The van der Waals surface area contributed by atoms with E-state index >= 15 is 0 Å². The summed E-state index contributed by atoms with van der Waals surface area (Å²) in [6.07, 6.45) is 5.05. The summed E-state index contributed by atoms with van der Waals surface area (Å²) in [6.45, 7) is 2.04. The van der Waals surface area contributed by atoms with Gasteiger partial charge in [-0.1, -0.05) is 6.07 Å². The average Bonchev–Trinajstić information content (AvgIpc) is 3.18. The highest BCUT2D eigenvalue weighted by Gasteiger charge is 2.29. The van der Waals surface area contributed by atoms with Gasteiger partial charge in [-0.3, -0.25) is 0 Å². The molecule has 0 unspecified atom stereocenters. The van der Waals surface area contributed by atoms with Gasteiger partial charge in [0, 0.05) is 58.2 Å². The maximum absolute atomic E-state index is 12.5. The van der Waals surface area contributed by atoms with E-state index in [1.165, 1.54) is 35.0 Å². The molecule has 0 spiro atoms. The van der Waals surface area contributed by atoms with Crippen LogP contribution in [0.15, 0.2) is 59.0 Å². The van der Waals surface area contributed by atoms with E-state index in [1.54, 1.807) is 0 Å². The minimum absolute atomic E-state index is 0.0470. The number of rotatable bonds is 3. The zero-order valence-corrected chi connectivity index (χ0v) is 23.2. The number of anilines is 1. The van der Waals surface area contributed by atoms with Crippen LogP contribution in [0, 0.1) is 0 Å². The van der Waals surface area contributed by atoms with Crippen LogP contribution in [0.3, 0.4) is 0 Å². The minimum Gasteiger partial charge on any atom is -0.478 e. The largest absolute Gasteiger partial charge is 0.478 e. The number of carboxylic acid groups (broad SMARTS) is 2. The van der Waals surface area contributed by atoms with Gasteiger partial charge in [0.25, 0.3) is 0 Å². The Labute approximate surface area is 236 Å². The van der Waals surface area contributed by atoms with Gasteiger partial charge in [0.15, 0.2) is 5.36 Å². The predicted octanol–water partition coefficient (Wildman–Crippen LogP) is 5.92. The summed E-state index contributed by atoms with van der Waals surface area (Å²) in [5, 5.41) is 24.7. The zero-order valence-electron chi connectivity index (χ0n) is 23.2. The Morgan fingerprint density at radius 1 is 0.805 bits per heavy atom. The van der Waals surface area contributed by atoms with Crippen molar-refractivity contribution in [1.29, 1.82) is 0 Å². The lowest BCUT2D eigenvalue weighted by molar-refractivity contribution is 0.0682. The van der Waals surface area contributed by atoms with Crippen molar-refractivity contribution in [2.24, 2.45) is 0 Å². The van der Waals surface area contributed by atoms with Crippen molar-refractivity contribution in [3.8, 4) is 11.1 Å². The van der Waals surface area contributed by atoms with Crippen LogP contribution in [0.5, 0.6) is 0 Å². The molecule has 2 N–H and O–H groups in total. The van der Waals surface area contributed by atoms with E-state index in [0.717, 1.165) is 77.7 Å². The highest BCUT2D eigenvalue weighted by molar-refractivity contribution is 6.18. The van der Waals surface area contributed by atoms with Gasteiger partial charge in [0.1, 0.15) is 25.3 Å². The molecule has 0 radical (unpaired) electrons. The molecule has 0 atom stereocenters. The number of carbonyl (C=O) groups is 2. The molecule has 2 aliphatic heterocycles. The van der Waals surface area contributed by atoms with Gasteiger partial charge in [0.05, 0.1) is 11.1 Å². The van der Waals surface area contributed by atoms with Crippen molar-refractivity contribution in [3.05, 3.63) is 82.2 Å². The molecular weight excluding hydrogens is 516 g/mol. The molecule has 2 aliphatic rings. The van der Waals surface area contributed by atoms with Crippen LogP contribution in [0.2, 0.25) is 0 Å². The fraction of sp³-hybridized carbons (Fsp3) is 0.265. The fourth-order valence-corrected chi connectivity index (χ4v) is 6.77. The van der Waals surface area contributed by atoms with Crippen molar-refractivity contribution in [2.75, 3.05) is 32.1 Å². The van der Waals surface area contributed by atoms with Crippen molar-refractivity contribution in [3.63, 3.8) is 0 Å². The number of benzene rings is 4. The average molecular weight is 548 g/mol. The molecule has 206 valence electrons. The lowest BCUT2D eigenvalue weighted by atomic mass is 9.87. The van der Waals surface area contributed by atoms with Crippen molar-refractivity contribution in [1.82, 2.24) is 4.58 Å². The van der Waals surface area contributed by atoms with E-state index in [0.29, 0.717) is 16.7 Å². The maximum atomic E-state index is 12.5. The number of aromatic carboxylic acids is 2. The molecule has 1 aromatic heterocycles. The Balaban J connectivity index is 1.70.